The molecule has 0 aliphatic carbocycles. The van der Waals surface area contributed by atoms with E-state index in [1.807, 2.05) is 6.92 Å². The van der Waals surface area contributed by atoms with E-state index in [1.54, 1.807) is 24.3 Å². The number of ether oxygens (including phenoxy) is 2. The molecule has 0 radical (unpaired) electrons. The SMILES string of the molecule is CCC(=NCCC[NH+]1CCOCC1)C1C(=O)NC(=O)N(c2ccc(OC)cc2)C1=O. The Kier molecular flexibility index (Phi) is 7.53. The van der Waals surface area contributed by atoms with Crippen molar-refractivity contribution in [3.8, 4) is 5.75 Å². The lowest BCUT2D eigenvalue weighted by molar-refractivity contribution is -0.908. The topological polar surface area (TPSA) is 102 Å². The molecular formula is C21H29N4O5+. The molecular weight excluding hydrogens is 388 g/mol. The number of rotatable bonds is 8. The Morgan fingerprint density at radius 2 is 1.93 bits per heavy atom. The van der Waals surface area contributed by atoms with Crippen molar-refractivity contribution in [2.75, 3.05) is 51.4 Å². The molecule has 1 atom stereocenters. The van der Waals surface area contributed by atoms with Gasteiger partial charge in [-0.05, 0) is 30.7 Å². The second kappa shape index (κ2) is 10.3. The van der Waals surface area contributed by atoms with Gasteiger partial charge >= 0.3 is 6.03 Å². The minimum Gasteiger partial charge on any atom is -0.497 e. The Morgan fingerprint density at radius 1 is 1.23 bits per heavy atom. The molecule has 30 heavy (non-hydrogen) atoms. The van der Waals surface area contributed by atoms with Gasteiger partial charge < -0.3 is 14.4 Å². The molecule has 9 nitrogen and oxygen atoms in total. The van der Waals surface area contributed by atoms with E-state index in [-0.39, 0.29) is 0 Å². The number of carbonyl (C=O) groups excluding carboxylic acids is 3. The highest BCUT2D eigenvalue weighted by atomic mass is 16.5. The van der Waals surface area contributed by atoms with E-state index < -0.39 is 23.8 Å². The predicted octanol–water partition coefficient (Wildman–Crippen LogP) is 0.0504. The highest BCUT2D eigenvalue weighted by Gasteiger charge is 2.43. The molecule has 2 heterocycles. The van der Waals surface area contributed by atoms with Gasteiger partial charge in [0.25, 0.3) is 5.91 Å². The van der Waals surface area contributed by atoms with E-state index in [4.69, 9.17) is 9.47 Å². The molecule has 2 aliphatic heterocycles. The summed E-state index contributed by atoms with van der Waals surface area (Å²) >= 11 is 0. The van der Waals surface area contributed by atoms with E-state index in [2.05, 4.69) is 10.3 Å². The smallest absolute Gasteiger partial charge is 0.335 e. The van der Waals surface area contributed by atoms with Gasteiger partial charge in [0.15, 0.2) is 5.92 Å². The predicted molar refractivity (Wildman–Crippen MR) is 111 cm³/mol. The minimum absolute atomic E-state index is 0.377. The second-order valence-electron chi connectivity index (χ2n) is 7.29. The molecule has 0 spiro atoms. The van der Waals surface area contributed by atoms with Crippen LogP contribution in [0.1, 0.15) is 19.8 Å². The fourth-order valence-corrected chi connectivity index (χ4v) is 3.71. The van der Waals surface area contributed by atoms with Crippen molar-refractivity contribution in [2.24, 2.45) is 10.9 Å². The van der Waals surface area contributed by atoms with Gasteiger partial charge in [0.2, 0.25) is 5.91 Å². The number of nitrogens with zero attached hydrogens (tertiary/aromatic N) is 2. The molecule has 3 rings (SSSR count). The van der Waals surface area contributed by atoms with Gasteiger partial charge in [-0.2, -0.15) is 0 Å². The van der Waals surface area contributed by atoms with Gasteiger partial charge in [-0.1, -0.05) is 6.92 Å². The van der Waals surface area contributed by atoms with Gasteiger partial charge in [-0.25, -0.2) is 9.69 Å². The third-order valence-corrected chi connectivity index (χ3v) is 5.39. The van der Waals surface area contributed by atoms with Gasteiger partial charge in [0, 0.05) is 18.7 Å². The fraction of sp³-hybridized carbons (Fsp3) is 0.524. The van der Waals surface area contributed by atoms with Crippen LogP contribution in [0.25, 0.3) is 0 Å². The first-order chi connectivity index (χ1) is 14.5. The molecule has 162 valence electrons. The van der Waals surface area contributed by atoms with Crippen LogP contribution < -0.4 is 19.9 Å². The number of nitrogens with one attached hydrogen (secondary N) is 2. The number of quaternary nitrogens is 1. The van der Waals surface area contributed by atoms with E-state index in [0.717, 1.165) is 44.2 Å². The molecule has 1 aromatic carbocycles. The third kappa shape index (κ3) is 5.03. The number of methoxy groups -OCH3 is 1. The van der Waals surface area contributed by atoms with E-state index >= 15 is 0 Å². The van der Waals surface area contributed by atoms with Crippen LogP contribution in [-0.4, -0.2) is 70.1 Å². The summed E-state index contributed by atoms with van der Waals surface area (Å²) in [4.78, 5) is 45.0. The van der Waals surface area contributed by atoms with Crippen molar-refractivity contribution in [3.63, 3.8) is 0 Å². The third-order valence-electron chi connectivity index (χ3n) is 5.39. The maximum Gasteiger partial charge on any atom is 0.335 e. The van der Waals surface area contributed by atoms with Crippen LogP contribution in [-0.2, 0) is 14.3 Å². The number of imide groups is 2. The first-order valence-electron chi connectivity index (χ1n) is 10.3. The summed E-state index contributed by atoms with van der Waals surface area (Å²) in [6, 6.07) is 5.78. The Hall–Kier alpha value is -2.78. The number of carbonyl (C=O) groups is 3. The minimum atomic E-state index is -1.09. The Balaban J connectivity index is 1.70. The molecule has 2 fully saturated rings. The number of morpholine rings is 1. The Bertz CT molecular complexity index is 802. The first-order valence-corrected chi connectivity index (χ1v) is 10.3. The quantitative estimate of drug-likeness (QED) is 0.354. The fourth-order valence-electron chi connectivity index (χ4n) is 3.71. The number of hydrogen-bond acceptors (Lipinski definition) is 6. The number of benzene rings is 1. The number of urea groups is 1. The average Bonchev–Trinajstić information content (AvgIpc) is 2.76. The summed E-state index contributed by atoms with van der Waals surface area (Å²) in [5.41, 5.74) is 0.877. The lowest BCUT2D eigenvalue weighted by Gasteiger charge is -2.30. The van der Waals surface area contributed by atoms with Crippen molar-refractivity contribution < 1.29 is 28.8 Å². The zero-order chi connectivity index (χ0) is 21.5. The van der Waals surface area contributed by atoms with Crippen molar-refractivity contribution >= 4 is 29.2 Å². The van der Waals surface area contributed by atoms with Crippen LogP contribution in [0.2, 0.25) is 0 Å². The lowest BCUT2D eigenvalue weighted by Crippen LogP contribution is -3.14. The molecule has 9 heteroatoms. The molecule has 2 saturated heterocycles. The summed E-state index contributed by atoms with van der Waals surface area (Å²) in [5, 5.41) is 2.29. The Morgan fingerprint density at radius 3 is 2.57 bits per heavy atom. The van der Waals surface area contributed by atoms with E-state index in [9.17, 15) is 14.4 Å². The highest BCUT2D eigenvalue weighted by molar-refractivity contribution is 6.35. The summed E-state index contributed by atoms with van der Waals surface area (Å²) in [7, 11) is 1.53. The van der Waals surface area contributed by atoms with Crippen molar-refractivity contribution in [1.29, 1.82) is 0 Å². The standard InChI is InChI=1S/C21H28N4O5/c1-3-17(22-9-4-10-24-11-13-30-14-12-24)18-19(26)23-21(28)25(20(18)27)15-5-7-16(29-2)8-6-15/h5-8,18H,3-4,9-14H2,1-2H3,(H,23,26,28)/p+1. The summed E-state index contributed by atoms with van der Waals surface area (Å²) in [6.45, 7) is 6.93. The van der Waals surface area contributed by atoms with Crippen LogP contribution in [0.5, 0.6) is 5.75 Å². The van der Waals surface area contributed by atoms with Crippen LogP contribution in [0, 0.1) is 5.92 Å². The van der Waals surface area contributed by atoms with Crippen molar-refractivity contribution in [1.82, 2.24) is 5.32 Å². The molecule has 1 unspecified atom stereocenters. The molecule has 0 bridgehead atoms. The van der Waals surface area contributed by atoms with E-state index in [0.29, 0.717) is 30.1 Å². The van der Waals surface area contributed by atoms with Crippen LogP contribution in [0.15, 0.2) is 29.3 Å². The summed E-state index contributed by atoms with van der Waals surface area (Å²) < 4.78 is 10.5. The molecule has 1 aromatic rings. The second-order valence-corrected chi connectivity index (χ2v) is 7.29. The zero-order valence-corrected chi connectivity index (χ0v) is 17.5. The largest absolute Gasteiger partial charge is 0.497 e. The van der Waals surface area contributed by atoms with Crippen LogP contribution >= 0.6 is 0 Å². The molecule has 0 saturated carbocycles. The number of hydrogen-bond donors (Lipinski definition) is 2. The summed E-state index contributed by atoms with van der Waals surface area (Å²) in [6.07, 6.45) is 1.32. The van der Waals surface area contributed by atoms with Gasteiger partial charge in [-0.3, -0.25) is 19.9 Å². The van der Waals surface area contributed by atoms with Crippen molar-refractivity contribution in [2.45, 2.75) is 19.8 Å². The monoisotopic (exact) mass is 417 g/mol. The molecule has 2 aliphatic rings. The number of amides is 4. The van der Waals surface area contributed by atoms with Crippen LogP contribution in [0.3, 0.4) is 0 Å². The maximum absolute atomic E-state index is 13.1. The van der Waals surface area contributed by atoms with Gasteiger partial charge in [0.1, 0.15) is 18.8 Å². The number of barbiturate groups is 1. The normalized spacial score (nSPS) is 21.0. The maximum atomic E-state index is 13.1. The average molecular weight is 417 g/mol. The number of anilines is 1. The molecule has 4 amide bonds. The van der Waals surface area contributed by atoms with E-state index in [1.165, 1.54) is 12.0 Å². The molecule has 0 aromatic heterocycles. The van der Waals surface area contributed by atoms with Crippen molar-refractivity contribution in [3.05, 3.63) is 24.3 Å². The lowest BCUT2D eigenvalue weighted by atomic mass is 9.96. The first kappa shape index (κ1) is 21.9. The Labute approximate surface area is 176 Å². The number of aliphatic imine (C=N–C) groups is 1. The van der Waals surface area contributed by atoms with Crippen LogP contribution in [0.4, 0.5) is 10.5 Å². The highest BCUT2D eigenvalue weighted by Crippen LogP contribution is 2.24. The zero-order valence-electron chi connectivity index (χ0n) is 17.5. The van der Waals surface area contributed by atoms with Gasteiger partial charge in [0.05, 0.1) is 32.6 Å². The summed E-state index contributed by atoms with van der Waals surface area (Å²) in [5.74, 6) is -1.68. The molecule has 2 N–H and O–H groups in total. The van der Waals surface area contributed by atoms with Gasteiger partial charge in [-0.15, -0.1) is 0 Å².